The van der Waals surface area contributed by atoms with Gasteiger partial charge in [0.15, 0.2) is 0 Å². The topological polar surface area (TPSA) is 71.5 Å². The molecule has 0 aliphatic carbocycles. The minimum Gasteiger partial charge on any atom is -0.492 e. The van der Waals surface area contributed by atoms with Gasteiger partial charge in [-0.1, -0.05) is 18.2 Å². The lowest BCUT2D eigenvalue weighted by molar-refractivity contribution is -0.115. The second-order valence-corrected chi connectivity index (χ2v) is 7.26. The number of rotatable bonds is 7. The van der Waals surface area contributed by atoms with Crippen LogP contribution in [-0.2, 0) is 4.79 Å². The Labute approximate surface area is 162 Å². The maximum atomic E-state index is 11.6. The van der Waals surface area contributed by atoms with Crippen molar-refractivity contribution in [1.29, 1.82) is 0 Å². The summed E-state index contributed by atoms with van der Waals surface area (Å²) in [5.41, 5.74) is 0.840. The first-order valence-corrected chi connectivity index (χ1v) is 9.50. The SMILES string of the molecule is CC(C)N(CCOc1ccc(/C=C2/SC(=O)NC2=O)cc1)c1ccccn1. The molecule has 2 amide bonds. The fourth-order valence-electron chi connectivity index (χ4n) is 2.66. The van der Waals surface area contributed by atoms with E-state index in [1.165, 1.54) is 0 Å². The van der Waals surface area contributed by atoms with E-state index in [0.29, 0.717) is 17.6 Å². The molecule has 0 bridgehead atoms. The van der Waals surface area contributed by atoms with E-state index >= 15 is 0 Å². The van der Waals surface area contributed by atoms with Crippen LogP contribution in [0.4, 0.5) is 10.6 Å². The lowest BCUT2D eigenvalue weighted by atomic mass is 10.2. The Kier molecular flexibility index (Phi) is 6.13. The van der Waals surface area contributed by atoms with E-state index in [4.69, 9.17) is 4.74 Å². The number of aromatic nitrogens is 1. The molecule has 1 aliphatic heterocycles. The molecule has 140 valence electrons. The van der Waals surface area contributed by atoms with Crippen LogP contribution in [0.3, 0.4) is 0 Å². The van der Waals surface area contributed by atoms with Crippen molar-refractivity contribution in [3.05, 3.63) is 59.1 Å². The number of amides is 2. The Hall–Kier alpha value is -2.80. The standard InChI is InChI=1S/C20H21N3O3S/c1-14(2)23(18-5-3-4-10-21-18)11-12-26-16-8-6-15(7-9-16)13-17-19(24)22-20(25)27-17/h3-10,13-14H,11-12H2,1-2H3,(H,22,24,25)/b17-13+. The van der Waals surface area contributed by atoms with Crippen molar-refractivity contribution in [1.82, 2.24) is 10.3 Å². The van der Waals surface area contributed by atoms with Gasteiger partial charge < -0.3 is 9.64 Å². The van der Waals surface area contributed by atoms with Gasteiger partial charge in [-0.3, -0.25) is 14.9 Å². The highest BCUT2D eigenvalue weighted by Gasteiger charge is 2.24. The largest absolute Gasteiger partial charge is 0.492 e. The van der Waals surface area contributed by atoms with E-state index in [1.54, 1.807) is 12.3 Å². The van der Waals surface area contributed by atoms with Gasteiger partial charge >= 0.3 is 0 Å². The average Bonchev–Trinajstić information content (AvgIpc) is 2.97. The first-order chi connectivity index (χ1) is 13.0. The summed E-state index contributed by atoms with van der Waals surface area (Å²) >= 11 is 0.909. The number of nitrogens with zero attached hydrogens (tertiary/aromatic N) is 2. The minimum atomic E-state index is -0.353. The van der Waals surface area contributed by atoms with Gasteiger partial charge in [-0.25, -0.2) is 4.98 Å². The fraction of sp³-hybridized carbons (Fsp3) is 0.250. The number of carbonyl (C=O) groups is 2. The molecule has 0 radical (unpaired) electrons. The second kappa shape index (κ2) is 8.73. The second-order valence-electron chi connectivity index (χ2n) is 6.24. The fourth-order valence-corrected chi connectivity index (χ4v) is 3.34. The molecule has 7 heteroatoms. The van der Waals surface area contributed by atoms with Crippen LogP contribution in [0.15, 0.2) is 53.6 Å². The van der Waals surface area contributed by atoms with E-state index in [-0.39, 0.29) is 11.1 Å². The summed E-state index contributed by atoms with van der Waals surface area (Å²) in [7, 11) is 0. The van der Waals surface area contributed by atoms with E-state index < -0.39 is 0 Å². The molecule has 1 saturated heterocycles. The van der Waals surface area contributed by atoms with Crippen molar-refractivity contribution in [3.63, 3.8) is 0 Å². The molecule has 0 atom stereocenters. The molecule has 2 heterocycles. The summed E-state index contributed by atoms with van der Waals surface area (Å²) in [6, 6.07) is 13.6. The van der Waals surface area contributed by atoms with Gasteiger partial charge in [0.25, 0.3) is 11.1 Å². The Morgan fingerprint density at radius 1 is 1.19 bits per heavy atom. The molecular formula is C20H21N3O3S. The number of hydrogen-bond acceptors (Lipinski definition) is 6. The molecule has 1 aromatic heterocycles. The molecule has 0 saturated carbocycles. The van der Waals surface area contributed by atoms with Gasteiger partial charge in [0.1, 0.15) is 18.2 Å². The quantitative estimate of drug-likeness (QED) is 0.735. The Morgan fingerprint density at radius 3 is 2.56 bits per heavy atom. The predicted octanol–water partition coefficient (Wildman–Crippen LogP) is 3.70. The lowest BCUT2D eigenvalue weighted by Crippen LogP contribution is -2.35. The number of hydrogen-bond donors (Lipinski definition) is 1. The smallest absolute Gasteiger partial charge is 0.290 e. The average molecular weight is 383 g/mol. The van der Waals surface area contributed by atoms with E-state index in [1.807, 2.05) is 42.5 Å². The van der Waals surface area contributed by atoms with Crippen molar-refractivity contribution in [2.75, 3.05) is 18.1 Å². The molecule has 0 unspecified atom stereocenters. The van der Waals surface area contributed by atoms with Crippen molar-refractivity contribution in [2.45, 2.75) is 19.9 Å². The van der Waals surface area contributed by atoms with E-state index in [9.17, 15) is 9.59 Å². The van der Waals surface area contributed by atoms with Gasteiger partial charge in [0.05, 0.1) is 11.4 Å². The van der Waals surface area contributed by atoms with Crippen LogP contribution in [0.1, 0.15) is 19.4 Å². The monoisotopic (exact) mass is 383 g/mol. The number of nitrogens with one attached hydrogen (secondary N) is 1. The number of anilines is 1. The van der Waals surface area contributed by atoms with Crippen LogP contribution in [0.25, 0.3) is 6.08 Å². The number of benzene rings is 1. The summed E-state index contributed by atoms with van der Waals surface area (Å²) < 4.78 is 5.84. The maximum Gasteiger partial charge on any atom is 0.290 e. The van der Waals surface area contributed by atoms with Crippen LogP contribution in [0, 0.1) is 0 Å². The molecule has 0 spiro atoms. The third kappa shape index (κ3) is 5.10. The normalized spacial score (nSPS) is 15.3. The van der Waals surface area contributed by atoms with Gasteiger partial charge in [0.2, 0.25) is 0 Å². The molecule has 1 N–H and O–H groups in total. The third-order valence-electron chi connectivity index (χ3n) is 3.99. The summed E-state index contributed by atoms with van der Waals surface area (Å²) in [5.74, 6) is 1.33. The molecule has 6 nitrogen and oxygen atoms in total. The summed E-state index contributed by atoms with van der Waals surface area (Å²) in [4.78, 5) is 29.8. The maximum absolute atomic E-state index is 11.6. The summed E-state index contributed by atoms with van der Waals surface area (Å²) in [5, 5.41) is 1.90. The van der Waals surface area contributed by atoms with Crippen molar-refractivity contribution >= 4 is 34.8 Å². The Bertz CT molecular complexity index is 835. The zero-order valence-corrected chi connectivity index (χ0v) is 16.0. The predicted molar refractivity (Wildman–Crippen MR) is 108 cm³/mol. The van der Waals surface area contributed by atoms with Crippen LogP contribution in [0.2, 0.25) is 0 Å². The lowest BCUT2D eigenvalue weighted by Gasteiger charge is -2.27. The summed E-state index contributed by atoms with van der Waals surface area (Å²) in [6.07, 6.45) is 3.48. The van der Waals surface area contributed by atoms with Crippen LogP contribution in [-0.4, -0.2) is 35.3 Å². The summed E-state index contributed by atoms with van der Waals surface area (Å²) in [6.45, 7) is 5.50. The van der Waals surface area contributed by atoms with Crippen LogP contribution < -0.4 is 15.0 Å². The zero-order valence-electron chi connectivity index (χ0n) is 15.2. The molecule has 1 aromatic carbocycles. The highest BCUT2D eigenvalue weighted by atomic mass is 32.2. The molecule has 1 aliphatic rings. The van der Waals surface area contributed by atoms with E-state index in [2.05, 4.69) is 29.0 Å². The van der Waals surface area contributed by atoms with Gasteiger partial charge in [-0.15, -0.1) is 0 Å². The molecule has 1 fully saturated rings. The Balaban J connectivity index is 1.56. The molecule has 27 heavy (non-hydrogen) atoms. The zero-order chi connectivity index (χ0) is 19.2. The number of ether oxygens (including phenoxy) is 1. The number of pyridine rings is 1. The molecule has 2 aromatic rings. The first kappa shape index (κ1) is 19.0. The van der Waals surface area contributed by atoms with Crippen molar-refractivity contribution < 1.29 is 14.3 Å². The van der Waals surface area contributed by atoms with Crippen LogP contribution in [0.5, 0.6) is 5.75 Å². The van der Waals surface area contributed by atoms with Crippen LogP contribution >= 0.6 is 11.8 Å². The van der Waals surface area contributed by atoms with Crippen molar-refractivity contribution in [2.24, 2.45) is 0 Å². The third-order valence-corrected chi connectivity index (χ3v) is 4.80. The number of thioether (sulfide) groups is 1. The molecular weight excluding hydrogens is 362 g/mol. The van der Waals surface area contributed by atoms with E-state index in [0.717, 1.165) is 35.4 Å². The van der Waals surface area contributed by atoms with Gasteiger partial charge in [0, 0.05) is 12.2 Å². The van der Waals surface area contributed by atoms with Gasteiger partial charge in [-0.05, 0) is 61.5 Å². The minimum absolute atomic E-state index is 0.315. The number of carbonyl (C=O) groups excluding carboxylic acids is 2. The van der Waals surface area contributed by atoms with Crippen molar-refractivity contribution in [3.8, 4) is 5.75 Å². The molecule has 3 rings (SSSR count). The first-order valence-electron chi connectivity index (χ1n) is 8.68. The highest BCUT2D eigenvalue weighted by molar-refractivity contribution is 8.18. The highest BCUT2D eigenvalue weighted by Crippen LogP contribution is 2.26. The number of imide groups is 1. The van der Waals surface area contributed by atoms with Gasteiger partial charge in [-0.2, -0.15) is 0 Å². The Morgan fingerprint density at radius 2 is 1.96 bits per heavy atom.